The molecule has 0 saturated heterocycles. The van der Waals surface area contributed by atoms with Gasteiger partial charge in [-0.25, -0.2) is 4.79 Å². The van der Waals surface area contributed by atoms with Gasteiger partial charge in [-0.15, -0.1) is 0 Å². The Bertz CT molecular complexity index is 2640. The summed E-state index contributed by atoms with van der Waals surface area (Å²) in [5, 5.41) is 14.4. The van der Waals surface area contributed by atoms with E-state index in [-0.39, 0.29) is 26.0 Å². The van der Waals surface area contributed by atoms with Gasteiger partial charge >= 0.3 is 5.97 Å². The number of aryl methyl sites for hydroxylation is 1. The van der Waals surface area contributed by atoms with Gasteiger partial charge in [0.25, 0.3) is 5.91 Å². The van der Waals surface area contributed by atoms with Gasteiger partial charge in [0, 0.05) is 41.9 Å². The number of aliphatic carboxylic acids is 1. The first kappa shape index (κ1) is 41.7. The highest BCUT2D eigenvalue weighted by molar-refractivity contribution is 6.42. The zero-order valence-corrected chi connectivity index (χ0v) is 35.4. The van der Waals surface area contributed by atoms with E-state index >= 15 is 0 Å². The Labute approximate surface area is 368 Å². The molecule has 2 aliphatic heterocycles. The summed E-state index contributed by atoms with van der Waals surface area (Å²) in [5.74, 6) is -0.534. The number of hydrogen-bond donors (Lipinski definition) is 2. The number of hydrogen-bond acceptors (Lipinski definition) is 7. The summed E-state index contributed by atoms with van der Waals surface area (Å²) in [6.45, 7) is 4.57. The average molecular weight is 877 g/mol. The quantitative estimate of drug-likeness (QED) is 0.132. The summed E-state index contributed by atoms with van der Waals surface area (Å²) in [7, 11) is 0. The molecule has 1 unspecified atom stereocenters. The molecule has 0 bridgehead atoms. The molecule has 2 N–H and O–H groups in total. The molecule has 310 valence electrons. The number of fused-ring (bicyclic) bond motifs is 2. The van der Waals surface area contributed by atoms with Crippen molar-refractivity contribution in [3.8, 4) is 28.4 Å². The van der Waals surface area contributed by atoms with Crippen LogP contribution in [-0.2, 0) is 35.6 Å². The second-order valence-electron chi connectivity index (χ2n) is 15.1. The van der Waals surface area contributed by atoms with E-state index in [1.165, 1.54) is 4.90 Å². The number of carbonyl (C=O) groups is 3. The van der Waals surface area contributed by atoms with E-state index in [1.54, 1.807) is 42.6 Å². The van der Waals surface area contributed by atoms with Crippen molar-refractivity contribution in [2.45, 2.75) is 58.0 Å². The monoisotopic (exact) mass is 875 g/mol. The molecular formula is C48H40Cl3N3O7. The van der Waals surface area contributed by atoms with Crippen LogP contribution in [0.3, 0.4) is 0 Å². The van der Waals surface area contributed by atoms with Crippen molar-refractivity contribution < 1.29 is 33.7 Å². The van der Waals surface area contributed by atoms with E-state index < -0.39 is 36.0 Å². The number of carbonyl (C=O) groups excluding carboxylic acids is 2. The number of aromatic nitrogens is 1. The Hall–Kier alpha value is -6.07. The number of halogens is 3. The molecule has 1 aromatic heterocycles. The van der Waals surface area contributed by atoms with Crippen molar-refractivity contribution in [1.29, 1.82) is 0 Å². The number of ether oxygens (including phenoxy) is 3. The largest absolute Gasteiger partial charge is 0.489 e. The normalized spacial score (nSPS) is 16.0. The van der Waals surface area contributed by atoms with E-state index in [2.05, 4.69) is 10.3 Å². The minimum absolute atomic E-state index is 0.0373. The van der Waals surface area contributed by atoms with Crippen molar-refractivity contribution in [2.24, 2.45) is 0 Å². The van der Waals surface area contributed by atoms with Gasteiger partial charge in [0.1, 0.15) is 31.0 Å². The fourth-order valence-corrected chi connectivity index (χ4v) is 8.11. The Morgan fingerprint density at radius 1 is 0.869 bits per heavy atom. The predicted octanol–water partition coefficient (Wildman–Crippen LogP) is 9.80. The molecule has 10 nitrogen and oxygen atoms in total. The molecule has 61 heavy (non-hydrogen) atoms. The van der Waals surface area contributed by atoms with Crippen LogP contribution in [0.5, 0.6) is 17.2 Å². The lowest BCUT2D eigenvalue weighted by molar-refractivity contribution is -0.142. The minimum atomic E-state index is -1.26. The van der Waals surface area contributed by atoms with Gasteiger partial charge in [0.05, 0.1) is 10.0 Å². The number of amides is 2. The molecule has 3 atom stereocenters. The van der Waals surface area contributed by atoms with E-state index in [9.17, 15) is 19.5 Å². The summed E-state index contributed by atoms with van der Waals surface area (Å²) >= 11 is 18.5. The molecule has 5 aromatic carbocycles. The Morgan fingerprint density at radius 3 is 2.36 bits per heavy atom. The van der Waals surface area contributed by atoms with E-state index in [4.69, 9.17) is 49.0 Å². The lowest BCUT2D eigenvalue weighted by Gasteiger charge is -2.37. The third-order valence-electron chi connectivity index (χ3n) is 11.1. The van der Waals surface area contributed by atoms with Gasteiger partial charge < -0.3 is 29.5 Å². The lowest BCUT2D eigenvalue weighted by atomic mass is 9.91. The Kier molecular flexibility index (Phi) is 12.2. The maximum atomic E-state index is 14.2. The fraction of sp³-hybridized carbons (Fsp3) is 0.208. The van der Waals surface area contributed by atoms with Crippen LogP contribution in [0.25, 0.3) is 11.1 Å². The van der Waals surface area contributed by atoms with Crippen LogP contribution in [-0.4, -0.2) is 51.5 Å². The highest BCUT2D eigenvalue weighted by atomic mass is 35.5. The maximum absolute atomic E-state index is 14.2. The zero-order chi connectivity index (χ0) is 42.8. The van der Waals surface area contributed by atoms with Crippen molar-refractivity contribution in [3.05, 3.63) is 175 Å². The Balaban J connectivity index is 0.991. The van der Waals surface area contributed by atoms with Gasteiger partial charge in [-0.05, 0) is 119 Å². The molecule has 6 aromatic rings. The number of pyridine rings is 1. The number of carboxylic acids is 1. The van der Waals surface area contributed by atoms with Gasteiger partial charge in [-0.2, -0.15) is 0 Å². The van der Waals surface area contributed by atoms with Crippen LogP contribution in [0, 0.1) is 13.8 Å². The number of nitrogens with one attached hydrogen (secondary N) is 1. The van der Waals surface area contributed by atoms with Crippen LogP contribution < -0.4 is 19.5 Å². The zero-order valence-electron chi connectivity index (χ0n) is 33.2. The molecule has 0 saturated carbocycles. The molecule has 0 spiro atoms. The molecule has 2 amide bonds. The van der Waals surface area contributed by atoms with E-state index in [1.807, 2.05) is 86.6 Å². The van der Waals surface area contributed by atoms with Gasteiger partial charge in [0.15, 0.2) is 17.6 Å². The van der Waals surface area contributed by atoms with Crippen LogP contribution in [0.4, 0.5) is 0 Å². The van der Waals surface area contributed by atoms with Crippen LogP contribution in [0.15, 0.2) is 115 Å². The smallest absolute Gasteiger partial charge is 0.326 e. The molecule has 0 fully saturated rings. The third-order valence-corrected chi connectivity index (χ3v) is 12.1. The van der Waals surface area contributed by atoms with Gasteiger partial charge in [0.2, 0.25) is 5.91 Å². The maximum Gasteiger partial charge on any atom is 0.326 e. The summed E-state index contributed by atoms with van der Waals surface area (Å²) < 4.78 is 18.6. The van der Waals surface area contributed by atoms with Gasteiger partial charge in [-0.1, -0.05) is 83.3 Å². The number of benzene rings is 5. The Morgan fingerprint density at radius 2 is 1.62 bits per heavy atom. The lowest BCUT2D eigenvalue weighted by Crippen LogP contribution is -2.56. The van der Waals surface area contributed by atoms with Crippen molar-refractivity contribution in [2.75, 3.05) is 6.61 Å². The summed E-state index contributed by atoms with van der Waals surface area (Å²) in [4.78, 5) is 46.8. The van der Waals surface area contributed by atoms with Crippen LogP contribution >= 0.6 is 34.8 Å². The standard InChI is InChI=1S/C48H40Cl3N3O7/c1-27-28(2)52-17-16-38(27)31-9-6-29(7-10-31)19-41(48(57)58)53-46(55)42-21-34-22-43-44(23-35(34)24-54(42)47(56)33-4-3-5-36(49)20-33)61-45(26-60-43)32-11-13-37(14-12-32)59-25-30-8-15-39(50)40(51)18-30/h3-18,20,22-23,41-42,45H,19,21,24-26H2,1-2H3,(H,53,55)(H,57,58)/t41?,42-,45+/m0/s1. The van der Waals surface area contributed by atoms with Crippen molar-refractivity contribution in [1.82, 2.24) is 15.2 Å². The first-order valence-corrected chi connectivity index (χ1v) is 20.8. The molecule has 0 radical (unpaired) electrons. The number of carboxylic acid groups (broad SMARTS) is 1. The molecule has 0 aliphatic carbocycles. The van der Waals surface area contributed by atoms with Crippen molar-refractivity contribution in [3.63, 3.8) is 0 Å². The number of nitrogens with zero attached hydrogens (tertiary/aromatic N) is 2. The SMILES string of the molecule is Cc1nccc(-c2ccc(CC(NC(=O)[C@@H]3Cc4cc5c(cc4CN3C(=O)c3cccc(Cl)c3)O[C@@H](c3ccc(OCc4ccc(Cl)c(Cl)c4)cc3)CO5)C(=O)O)cc2)c1C. The average Bonchev–Trinajstić information content (AvgIpc) is 3.26. The van der Waals surface area contributed by atoms with Gasteiger partial charge in [-0.3, -0.25) is 14.6 Å². The molecule has 3 heterocycles. The van der Waals surface area contributed by atoms with E-state index in [0.29, 0.717) is 44.5 Å². The molecule has 8 rings (SSSR count). The topological polar surface area (TPSA) is 127 Å². The van der Waals surface area contributed by atoms with E-state index in [0.717, 1.165) is 50.2 Å². The molecular weight excluding hydrogens is 837 g/mol. The highest BCUT2D eigenvalue weighted by Gasteiger charge is 2.38. The fourth-order valence-electron chi connectivity index (χ4n) is 7.60. The first-order chi connectivity index (χ1) is 29.4. The summed E-state index contributed by atoms with van der Waals surface area (Å²) in [6.07, 6.45) is 1.49. The second kappa shape index (κ2) is 17.9. The summed E-state index contributed by atoms with van der Waals surface area (Å²) in [5.41, 5.74) is 8.34. The minimum Gasteiger partial charge on any atom is -0.489 e. The predicted molar refractivity (Wildman–Crippen MR) is 234 cm³/mol. The van der Waals surface area contributed by atoms with Crippen molar-refractivity contribution >= 4 is 52.6 Å². The highest BCUT2D eigenvalue weighted by Crippen LogP contribution is 2.41. The molecule has 2 aliphatic rings. The summed E-state index contributed by atoms with van der Waals surface area (Å²) in [6, 6.07) is 30.3. The first-order valence-electron chi connectivity index (χ1n) is 19.6. The second-order valence-corrected chi connectivity index (χ2v) is 16.4. The molecule has 13 heteroatoms. The van der Waals surface area contributed by atoms with Crippen LogP contribution in [0.2, 0.25) is 15.1 Å². The van der Waals surface area contributed by atoms with Crippen LogP contribution in [0.1, 0.15) is 55.5 Å². The number of rotatable bonds is 11. The third kappa shape index (κ3) is 9.32.